The van der Waals surface area contributed by atoms with E-state index in [2.05, 4.69) is 15.0 Å². The molecule has 102 valence electrons. The Hall–Kier alpha value is -2.14. The lowest BCUT2D eigenvalue weighted by Gasteiger charge is -2.07. The molecule has 0 N–H and O–H groups in total. The molecule has 3 aromatic rings. The number of rotatable bonds is 4. The van der Waals surface area contributed by atoms with Gasteiger partial charge < -0.3 is 9.30 Å². The van der Waals surface area contributed by atoms with E-state index in [1.165, 1.54) is 6.33 Å². The Bertz CT molecular complexity index is 727. The average molecular weight is 289 g/mol. The number of aromatic nitrogens is 4. The Morgan fingerprint density at radius 2 is 2.20 bits per heavy atom. The number of hydrogen-bond acceptors (Lipinski definition) is 4. The van der Waals surface area contributed by atoms with Crippen molar-refractivity contribution in [1.29, 1.82) is 0 Å². The number of fused-ring (bicyclic) bond motifs is 1. The van der Waals surface area contributed by atoms with Crippen LogP contribution in [0.25, 0.3) is 11.0 Å². The van der Waals surface area contributed by atoms with Gasteiger partial charge in [-0.1, -0.05) is 0 Å². The Kier molecular flexibility index (Phi) is 3.52. The number of ether oxygens (including phenoxy) is 1. The first kappa shape index (κ1) is 12.9. The van der Waals surface area contributed by atoms with Crippen LogP contribution < -0.4 is 4.74 Å². The summed E-state index contributed by atoms with van der Waals surface area (Å²) >= 11 is 6.00. The SMILES string of the molecule is COc1ccc2nc(CCl)n(Cc3ccncn3)c2c1. The van der Waals surface area contributed by atoms with E-state index in [1.54, 1.807) is 13.3 Å². The highest BCUT2D eigenvalue weighted by molar-refractivity contribution is 6.16. The van der Waals surface area contributed by atoms with Gasteiger partial charge in [0.05, 0.1) is 36.3 Å². The van der Waals surface area contributed by atoms with Gasteiger partial charge in [0.15, 0.2) is 0 Å². The second-order valence-corrected chi connectivity index (χ2v) is 4.57. The second kappa shape index (κ2) is 5.46. The fourth-order valence-corrected chi connectivity index (χ4v) is 2.34. The summed E-state index contributed by atoms with van der Waals surface area (Å²) in [4.78, 5) is 12.7. The van der Waals surface area contributed by atoms with Crippen LogP contribution in [0.1, 0.15) is 11.5 Å². The molecule has 0 aliphatic carbocycles. The standard InChI is InChI=1S/C14H13ClN4O/c1-20-11-2-3-12-13(6-11)19(14(7-15)18-12)8-10-4-5-16-9-17-10/h2-6,9H,7-8H2,1H3. The molecule has 0 aliphatic heterocycles. The third-order valence-corrected chi connectivity index (χ3v) is 3.36. The van der Waals surface area contributed by atoms with Crippen molar-refractivity contribution in [3.8, 4) is 5.75 Å². The van der Waals surface area contributed by atoms with Gasteiger partial charge in [0, 0.05) is 12.3 Å². The summed E-state index contributed by atoms with van der Waals surface area (Å²) < 4.78 is 7.32. The first-order valence-electron chi connectivity index (χ1n) is 6.16. The zero-order chi connectivity index (χ0) is 13.9. The molecular formula is C14H13ClN4O. The number of benzene rings is 1. The van der Waals surface area contributed by atoms with Gasteiger partial charge in [0.1, 0.15) is 17.9 Å². The number of imidazole rings is 1. The monoisotopic (exact) mass is 288 g/mol. The smallest absolute Gasteiger partial charge is 0.125 e. The van der Waals surface area contributed by atoms with Gasteiger partial charge in [-0.2, -0.15) is 0 Å². The molecule has 20 heavy (non-hydrogen) atoms. The van der Waals surface area contributed by atoms with Crippen LogP contribution in [0.3, 0.4) is 0 Å². The normalized spacial score (nSPS) is 10.9. The minimum atomic E-state index is 0.349. The fourth-order valence-electron chi connectivity index (χ4n) is 2.13. The van der Waals surface area contributed by atoms with E-state index in [1.807, 2.05) is 28.8 Å². The van der Waals surface area contributed by atoms with Crippen LogP contribution >= 0.6 is 11.6 Å². The van der Waals surface area contributed by atoms with Crippen LogP contribution in [0.15, 0.2) is 36.8 Å². The molecule has 2 aromatic heterocycles. The topological polar surface area (TPSA) is 52.8 Å². The van der Waals surface area contributed by atoms with Gasteiger partial charge in [-0.15, -0.1) is 11.6 Å². The third kappa shape index (κ3) is 2.32. The van der Waals surface area contributed by atoms with Crippen molar-refractivity contribution in [3.05, 3.63) is 48.3 Å². The predicted octanol–water partition coefficient (Wildman–Crippen LogP) is 2.62. The van der Waals surface area contributed by atoms with Gasteiger partial charge in [-0.3, -0.25) is 0 Å². The largest absolute Gasteiger partial charge is 0.497 e. The maximum atomic E-state index is 6.00. The van der Waals surface area contributed by atoms with E-state index in [-0.39, 0.29) is 0 Å². The second-order valence-electron chi connectivity index (χ2n) is 4.30. The molecule has 0 aliphatic rings. The van der Waals surface area contributed by atoms with Gasteiger partial charge in [0.2, 0.25) is 0 Å². The molecule has 0 fully saturated rings. The summed E-state index contributed by atoms with van der Waals surface area (Å²) in [7, 11) is 1.65. The molecular weight excluding hydrogens is 276 g/mol. The molecule has 1 aromatic carbocycles. The highest BCUT2D eigenvalue weighted by Crippen LogP contribution is 2.23. The zero-order valence-electron chi connectivity index (χ0n) is 11.0. The number of methoxy groups -OCH3 is 1. The Labute approximate surface area is 121 Å². The number of halogens is 1. The summed E-state index contributed by atoms with van der Waals surface area (Å²) in [5.74, 6) is 1.96. The van der Waals surface area contributed by atoms with E-state index in [0.29, 0.717) is 12.4 Å². The number of alkyl halides is 1. The first-order chi connectivity index (χ1) is 9.81. The lowest BCUT2D eigenvalue weighted by atomic mass is 10.3. The van der Waals surface area contributed by atoms with Crippen LogP contribution in [0, 0.1) is 0 Å². The van der Waals surface area contributed by atoms with Gasteiger partial charge in [-0.25, -0.2) is 15.0 Å². The van der Waals surface area contributed by atoms with E-state index >= 15 is 0 Å². The van der Waals surface area contributed by atoms with Gasteiger partial charge in [0.25, 0.3) is 0 Å². The summed E-state index contributed by atoms with van der Waals surface area (Å²) in [6.45, 7) is 0.605. The molecule has 0 spiro atoms. The van der Waals surface area contributed by atoms with Crippen molar-refractivity contribution in [2.45, 2.75) is 12.4 Å². The Morgan fingerprint density at radius 3 is 2.90 bits per heavy atom. The summed E-state index contributed by atoms with van der Waals surface area (Å²) in [5, 5.41) is 0. The highest BCUT2D eigenvalue weighted by atomic mass is 35.5. The number of hydrogen-bond donors (Lipinski definition) is 0. The Morgan fingerprint density at radius 1 is 1.30 bits per heavy atom. The molecule has 0 atom stereocenters. The van der Waals surface area contributed by atoms with Crippen molar-refractivity contribution < 1.29 is 4.74 Å². The zero-order valence-corrected chi connectivity index (χ0v) is 11.7. The maximum absolute atomic E-state index is 6.00. The van der Waals surface area contributed by atoms with Crippen molar-refractivity contribution in [2.24, 2.45) is 0 Å². The lowest BCUT2D eigenvalue weighted by Crippen LogP contribution is -2.05. The molecule has 0 saturated carbocycles. The molecule has 0 amide bonds. The van der Waals surface area contributed by atoms with Crippen LogP contribution in [0.4, 0.5) is 0 Å². The molecule has 6 heteroatoms. The molecule has 0 unspecified atom stereocenters. The van der Waals surface area contributed by atoms with Crippen LogP contribution in [-0.4, -0.2) is 26.6 Å². The van der Waals surface area contributed by atoms with Gasteiger partial charge >= 0.3 is 0 Å². The summed E-state index contributed by atoms with van der Waals surface area (Å²) in [6.07, 6.45) is 3.26. The van der Waals surface area contributed by atoms with Gasteiger partial charge in [-0.05, 0) is 18.2 Å². The molecule has 0 radical (unpaired) electrons. The molecule has 0 bridgehead atoms. The third-order valence-electron chi connectivity index (χ3n) is 3.12. The summed E-state index contributed by atoms with van der Waals surface area (Å²) in [5.41, 5.74) is 2.79. The van der Waals surface area contributed by atoms with Crippen LogP contribution in [0.5, 0.6) is 5.75 Å². The fraction of sp³-hybridized carbons (Fsp3) is 0.214. The first-order valence-corrected chi connectivity index (χ1v) is 6.69. The molecule has 5 nitrogen and oxygen atoms in total. The maximum Gasteiger partial charge on any atom is 0.125 e. The van der Waals surface area contributed by atoms with Crippen molar-refractivity contribution in [1.82, 2.24) is 19.5 Å². The van der Waals surface area contributed by atoms with Crippen LogP contribution in [0.2, 0.25) is 0 Å². The van der Waals surface area contributed by atoms with E-state index in [0.717, 1.165) is 28.3 Å². The Balaban J connectivity index is 2.11. The van der Waals surface area contributed by atoms with E-state index in [9.17, 15) is 0 Å². The van der Waals surface area contributed by atoms with E-state index < -0.39 is 0 Å². The summed E-state index contributed by atoms with van der Waals surface area (Å²) in [6, 6.07) is 7.66. The average Bonchev–Trinajstić information content (AvgIpc) is 2.85. The van der Waals surface area contributed by atoms with Crippen molar-refractivity contribution >= 4 is 22.6 Å². The lowest BCUT2D eigenvalue weighted by molar-refractivity contribution is 0.415. The minimum Gasteiger partial charge on any atom is -0.497 e. The van der Waals surface area contributed by atoms with Crippen LogP contribution in [-0.2, 0) is 12.4 Å². The van der Waals surface area contributed by atoms with E-state index in [4.69, 9.17) is 16.3 Å². The number of nitrogens with zero attached hydrogens (tertiary/aromatic N) is 4. The molecule has 2 heterocycles. The quantitative estimate of drug-likeness (QED) is 0.693. The highest BCUT2D eigenvalue weighted by Gasteiger charge is 2.11. The molecule has 0 saturated heterocycles. The predicted molar refractivity (Wildman–Crippen MR) is 77.0 cm³/mol. The van der Waals surface area contributed by atoms with Crippen molar-refractivity contribution in [2.75, 3.05) is 7.11 Å². The molecule has 3 rings (SSSR count). The van der Waals surface area contributed by atoms with Crippen molar-refractivity contribution in [3.63, 3.8) is 0 Å². The minimum absolute atomic E-state index is 0.349.